The third-order valence-electron chi connectivity index (χ3n) is 4.05. The smallest absolute Gasteiger partial charge is 0.252 e. The fourth-order valence-electron chi connectivity index (χ4n) is 2.21. The molecule has 1 aromatic carbocycles. The first-order valence-corrected chi connectivity index (χ1v) is 7.18. The van der Waals surface area contributed by atoms with Crippen molar-refractivity contribution in [1.82, 2.24) is 5.32 Å². The van der Waals surface area contributed by atoms with E-state index in [4.69, 9.17) is 5.73 Å². The summed E-state index contributed by atoms with van der Waals surface area (Å²) in [5.41, 5.74) is 6.10. The molecule has 0 spiro atoms. The van der Waals surface area contributed by atoms with Crippen LogP contribution in [0.5, 0.6) is 0 Å². The molecule has 3 N–H and O–H groups in total. The minimum Gasteiger partial charge on any atom is -0.396 e. The van der Waals surface area contributed by atoms with E-state index in [0.29, 0.717) is 22.5 Å². The van der Waals surface area contributed by atoms with Crippen LogP contribution in [0.1, 0.15) is 37.0 Å². The maximum Gasteiger partial charge on any atom is 0.252 e. The third-order valence-corrected chi connectivity index (χ3v) is 4.71. The van der Waals surface area contributed by atoms with Crippen LogP contribution in [0, 0.1) is 17.2 Å². The van der Waals surface area contributed by atoms with Gasteiger partial charge in [-0.15, -0.1) is 0 Å². The number of hydrogen-bond donors (Lipinski definition) is 2. The van der Waals surface area contributed by atoms with Crippen molar-refractivity contribution in [3.8, 4) is 0 Å². The lowest BCUT2D eigenvalue weighted by molar-refractivity contribution is 0.0939. The Balaban J connectivity index is 2.07. The van der Waals surface area contributed by atoms with Crippen molar-refractivity contribution in [2.75, 3.05) is 12.3 Å². The van der Waals surface area contributed by atoms with Gasteiger partial charge < -0.3 is 11.1 Å². The Morgan fingerprint density at radius 3 is 2.68 bits per heavy atom. The molecule has 1 aliphatic rings. The van der Waals surface area contributed by atoms with Gasteiger partial charge in [0.2, 0.25) is 0 Å². The van der Waals surface area contributed by atoms with Gasteiger partial charge in [0.05, 0.1) is 11.3 Å². The quantitative estimate of drug-likeness (QED) is 0.833. The molecule has 3 nitrogen and oxygen atoms in total. The number of benzene rings is 1. The monoisotopic (exact) mass is 328 g/mol. The molecule has 1 fully saturated rings. The number of hydrogen-bond acceptors (Lipinski definition) is 2. The van der Waals surface area contributed by atoms with Gasteiger partial charge in [0.15, 0.2) is 0 Å². The first-order valence-electron chi connectivity index (χ1n) is 6.38. The molecule has 104 valence electrons. The summed E-state index contributed by atoms with van der Waals surface area (Å²) in [6.07, 6.45) is 2.30. The van der Waals surface area contributed by atoms with E-state index in [1.54, 1.807) is 0 Å². The zero-order valence-electron chi connectivity index (χ0n) is 11.1. The predicted molar refractivity (Wildman–Crippen MR) is 77.4 cm³/mol. The Morgan fingerprint density at radius 2 is 2.16 bits per heavy atom. The first-order chi connectivity index (χ1) is 8.85. The molecule has 19 heavy (non-hydrogen) atoms. The number of carbonyl (C=O) groups excluding carboxylic acids is 1. The molecule has 0 atom stereocenters. The zero-order valence-corrected chi connectivity index (χ0v) is 12.7. The van der Waals surface area contributed by atoms with E-state index in [2.05, 4.69) is 35.1 Å². The molecule has 1 saturated carbocycles. The third kappa shape index (κ3) is 2.91. The SMILES string of the molecule is CC(C)C1(CNC(=O)c2cc(N)c(F)cc2Br)CC1. The molecule has 0 radical (unpaired) electrons. The van der Waals surface area contributed by atoms with E-state index in [0.717, 1.165) is 12.8 Å². The number of nitrogen functional groups attached to an aromatic ring is 1. The topological polar surface area (TPSA) is 55.1 Å². The van der Waals surface area contributed by atoms with Gasteiger partial charge in [-0.25, -0.2) is 4.39 Å². The van der Waals surface area contributed by atoms with Gasteiger partial charge in [-0.2, -0.15) is 0 Å². The number of carbonyl (C=O) groups is 1. The average molecular weight is 329 g/mol. The molecule has 1 amide bonds. The Morgan fingerprint density at radius 1 is 1.53 bits per heavy atom. The maximum absolute atomic E-state index is 13.2. The summed E-state index contributed by atoms with van der Waals surface area (Å²) < 4.78 is 13.6. The lowest BCUT2D eigenvalue weighted by atomic mass is 9.92. The first kappa shape index (κ1) is 14.3. The number of halogens is 2. The molecular weight excluding hydrogens is 311 g/mol. The van der Waals surface area contributed by atoms with Crippen molar-refractivity contribution < 1.29 is 9.18 Å². The Bertz CT molecular complexity index is 512. The van der Waals surface area contributed by atoms with Crippen molar-refractivity contribution in [3.05, 3.63) is 28.0 Å². The molecule has 0 saturated heterocycles. The number of rotatable bonds is 4. The Kier molecular flexibility index (Phi) is 3.85. The summed E-state index contributed by atoms with van der Waals surface area (Å²) in [6, 6.07) is 2.59. The van der Waals surface area contributed by atoms with Crippen LogP contribution in [0.2, 0.25) is 0 Å². The minimum atomic E-state index is -0.524. The van der Waals surface area contributed by atoms with Crippen molar-refractivity contribution in [1.29, 1.82) is 0 Å². The second kappa shape index (κ2) is 5.12. The Hall–Kier alpha value is -1.10. The Labute approximate surface area is 120 Å². The summed E-state index contributed by atoms with van der Waals surface area (Å²) in [7, 11) is 0. The van der Waals surface area contributed by atoms with Gasteiger partial charge in [0, 0.05) is 11.0 Å². The minimum absolute atomic E-state index is 0.0154. The molecule has 0 aromatic heterocycles. The van der Waals surface area contributed by atoms with Gasteiger partial charge in [-0.1, -0.05) is 13.8 Å². The van der Waals surface area contributed by atoms with E-state index in [9.17, 15) is 9.18 Å². The molecule has 0 aliphatic heterocycles. The molecule has 1 aromatic rings. The molecule has 0 heterocycles. The van der Waals surface area contributed by atoms with Crippen molar-refractivity contribution in [2.24, 2.45) is 11.3 Å². The summed E-state index contributed by atoms with van der Waals surface area (Å²) in [4.78, 5) is 12.1. The van der Waals surface area contributed by atoms with E-state index in [1.165, 1.54) is 12.1 Å². The van der Waals surface area contributed by atoms with Crippen LogP contribution in [0.25, 0.3) is 0 Å². The van der Waals surface area contributed by atoms with Crippen molar-refractivity contribution in [2.45, 2.75) is 26.7 Å². The van der Waals surface area contributed by atoms with Gasteiger partial charge in [-0.3, -0.25) is 4.79 Å². The highest BCUT2D eigenvalue weighted by Gasteiger charge is 2.45. The molecule has 0 unspecified atom stereocenters. The summed E-state index contributed by atoms with van der Waals surface area (Å²) in [6.45, 7) is 5.00. The molecule has 2 rings (SSSR count). The van der Waals surface area contributed by atoms with Gasteiger partial charge >= 0.3 is 0 Å². The number of amides is 1. The van der Waals surface area contributed by atoms with Gasteiger partial charge in [-0.05, 0) is 52.2 Å². The zero-order chi connectivity index (χ0) is 14.2. The average Bonchev–Trinajstić information content (AvgIpc) is 3.12. The van der Waals surface area contributed by atoms with Crippen LogP contribution in [-0.2, 0) is 0 Å². The molecule has 1 aliphatic carbocycles. The normalized spacial score (nSPS) is 16.5. The number of nitrogens with two attached hydrogens (primary N) is 1. The van der Waals surface area contributed by atoms with Crippen LogP contribution in [0.3, 0.4) is 0 Å². The summed E-state index contributed by atoms with van der Waals surface area (Å²) >= 11 is 3.19. The lowest BCUT2D eigenvalue weighted by Gasteiger charge is -2.20. The summed E-state index contributed by atoms with van der Waals surface area (Å²) in [5, 5.41) is 2.92. The highest BCUT2D eigenvalue weighted by atomic mass is 79.9. The lowest BCUT2D eigenvalue weighted by Crippen LogP contribution is -2.32. The van der Waals surface area contributed by atoms with Crippen LogP contribution in [-0.4, -0.2) is 12.5 Å². The van der Waals surface area contributed by atoms with E-state index in [-0.39, 0.29) is 17.0 Å². The van der Waals surface area contributed by atoms with Crippen molar-refractivity contribution in [3.63, 3.8) is 0 Å². The number of anilines is 1. The molecule has 5 heteroatoms. The van der Waals surface area contributed by atoms with Crippen LogP contribution in [0.15, 0.2) is 16.6 Å². The number of nitrogens with one attached hydrogen (secondary N) is 1. The van der Waals surface area contributed by atoms with Gasteiger partial charge in [0.25, 0.3) is 5.91 Å². The second-order valence-electron chi connectivity index (χ2n) is 5.55. The highest BCUT2D eigenvalue weighted by molar-refractivity contribution is 9.10. The van der Waals surface area contributed by atoms with E-state index < -0.39 is 5.82 Å². The summed E-state index contributed by atoms with van der Waals surface area (Å²) in [5.74, 6) is -0.190. The standard InChI is InChI=1S/C14H18BrFN2O/c1-8(2)14(3-4-14)7-18-13(19)9-5-12(17)11(16)6-10(9)15/h5-6,8H,3-4,7,17H2,1-2H3,(H,18,19). The fraction of sp³-hybridized carbons (Fsp3) is 0.500. The highest BCUT2D eigenvalue weighted by Crippen LogP contribution is 2.51. The fourth-order valence-corrected chi connectivity index (χ4v) is 2.71. The van der Waals surface area contributed by atoms with Crippen molar-refractivity contribution >= 4 is 27.5 Å². The van der Waals surface area contributed by atoms with Crippen LogP contribution in [0.4, 0.5) is 10.1 Å². The van der Waals surface area contributed by atoms with Gasteiger partial charge in [0.1, 0.15) is 5.82 Å². The largest absolute Gasteiger partial charge is 0.396 e. The van der Waals surface area contributed by atoms with Crippen LogP contribution >= 0.6 is 15.9 Å². The predicted octanol–water partition coefficient (Wildman–Crippen LogP) is 3.34. The molecular formula is C14H18BrFN2O. The second-order valence-corrected chi connectivity index (χ2v) is 6.41. The van der Waals surface area contributed by atoms with E-state index >= 15 is 0 Å². The van der Waals surface area contributed by atoms with E-state index in [1.807, 2.05) is 0 Å². The van der Waals surface area contributed by atoms with Crippen LogP contribution < -0.4 is 11.1 Å². The molecule has 0 bridgehead atoms. The maximum atomic E-state index is 13.2.